The molecule has 1 aliphatic carbocycles. The van der Waals surface area contributed by atoms with Gasteiger partial charge in [0, 0.05) is 24.3 Å². The fraction of sp³-hybridized carbons (Fsp3) is 0.588. The van der Waals surface area contributed by atoms with Crippen LogP contribution in [0.5, 0.6) is 0 Å². The van der Waals surface area contributed by atoms with Crippen molar-refractivity contribution in [3.8, 4) is 0 Å². The molecule has 2 N–H and O–H groups in total. The predicted molar refractivity (Wildman–Crippen MR) is 84.7 cm³/mol. The van der Waals surface area contributed by atoms with Crippen LogP contribution in [0.4, 0.5) is 5.69 Å². The highest BCUT2D eigenvalue weighted by molar-refractivity contribution is 5.93. The molecule has 1 saturated heterocycles. The molecule has 2 fully saturated rings. The van der Waals surface area contributed by atoms with Crippen LogP contribution in [0.3, 0.4) is 0 Å². The molecule has 0 unspecified atom stereocenters. The smallest absolute Gasteiger partial charge is 0.274 e. The number of amides is 1. The molecule has 0 spiro atoms. The van der Waals surface area contributed by atoms with E-state index in [2.05, 4.69) is 10.4 Å². The fourth-order valence-electron chi connectivity index (χ4n) is 3.15. The Morgan fingerprint density at radius 3 is 2.36 bits per heavy atom. The molecule has 1 aliphatic heterocycles. The van der Waals surface area contributed by atoms with Crippen LogP contribution in [0.2, 0.25) is 0 Å². The molecule has 1 amide bonds. The van der Waals surface area contributed by atoms with E-state index in [0.717, 1.165) is 44.5 Å². The number of aliphatic hydroxyl groups excluding tert-OH is 1. The van der Waals surface area contributed by atoms with Gasteiger partial charge in [-0.15, -0.1) is 0 Å². The Labute approximate surface area is 131 Å². The van der Waals surface area contributed by atoms with Crippen molar-refractivity contribution in [2.45, 2.75) is 50.7 Å². The summed E-state index contributed by atoms with van der Waals surface area (Å²) in [7, 11) is 0. The average Bonchev–Trinajstić information content (AvgIpc) is 3.07. The van der Waals surface area contributed by atoms with Gasteiger partial charge in [0.1, 0.15) is 0 Å². The van der Waals surface area contributed by atoms with Gasteiger partial charge in [0.25, 0.3) is 5.91 Å². The lowest BCUT2D eigenvalue weighted by Crippen LogP contribution is -2.35. The number of nitrogens with zero attached hydrogens (tertiary/aromatic N) is 1. The van der Waals surface area contributed by atoms with Crippen LogP contribution in [-0.2, 0) is 4.84 Å². The molecule has 5 heteroatoms. The van der Waals surface area contributed by atoms with Gasteiger partial charge in [-0.1, -0.05) is 12.8 Å². The highest BCUT2D eigenvalue weighted by atomic mass is 16.7. The van der Waals surface area contributed by atoms with E-state index in [1.165, 1.54) is 12.8 Å². The van der Waals surface area contributed by atoms with Crippen LogP contribution in [0.15, 0.2) is 24.3 Å². The number of piperidine rings is 1. The largest absolute Gasteiger partial charge is 0.393 e. The highest BCUT2D eigenvalue weighted by Gasteiger charge is 2.19. The Bertz CT molecular complexity index is 489. The number of hydroxylamine groups is 1. The molecule has 0 atom stereocenters. The molecule has 1 aromatic rings. The molecule has 1 heterocycles. The maximum Gasteiger partial charge on any atom is 0.274 e. The van der Waals surface area contributed by atoms with Gasteiger partial charge in [0.15, 0.2) is 0 Å². The van der Waals surface area contributed by atoms with Crippen LogP contribution in [0.25, 0.3) is 0 Å². The van der Waals surface area contributed by atoms with Crippen LogP contribution >= 0.6 is 0 Å². The third kappa shape index (κ3) is 3.78. The molecule has 0 bridgehead atoms. The molecule has 120 valence electrons. The quantitative estimate of drug-likeness (QED) is 0.838. The minimum atomic E-state index is -0.187. The summed E-state index contributed by atoms with van der Waals surface area (Å²) in [6.45, 7) is 1.72. The number of carbonyl (C=O) groups is 1. The summed E-state index contributed by atoms with van der Waals surface area (Å²) >= 11 is 0. The normalized spacial score (nSPS) is 20.3. The van der Waals surface area contributed by atoms with Gasteiger partial charge in [-0.25, -0.2) is 5.48 Å². The Balaban J connectivity index is 1.53. The van der Waals surface area contributed by atoms with E-state index in [1.807, 2.05) is 24.3 Å². The lowest BCUT2D eigenvalue weighted by Gasteiger charge is -2.31. The monoisotopic (exact) mass is 304 g/mol. The number of benzene rings is 1. The fourth-order valence-corrected chi connectivity index (χ4v) is 3.15. The van der Waals surface area contributed by atoms with E-state index in [1.54, 1.807) is 0 Å². The van der Waals surface area contributed by atoms with E-state index in [9.17, 15) is 9.90 Å². The molecule has 0 radical (unpaired) electrons. The van der Waals surface area contributed by atoms with E-state index in [0.29, 0.717) is 5.56 Å². The van der Waals surface area contributed by atoms with Gasteiger partial charge in [0.2, 0.25) is 0 Å². The number of rotatable bonds is 4. The van der Waals surface area contributed by atoms with Crippen LogP contribution in [-0.4, -0.2) is 36.3 Å². The van der Waals surface area contributed by atoms with Crippen LogP contribution in [0.1, 0.15) is 48.9 Å². The second-order valence-electron chi connectivity index (χ2n) is 6.22. The Hall–Kier alpha value is -1.59. The number of hydrogen-bond acceptors (Lipinski definition) is 4. The van der Waals surface area contributed by atoms with Gasteiger partial charge in [-0.2, -0.15) is 0 Å². The maximum absolute atomic E-state index is 12.0. The number of aliphatic hydroxyl groups is 1. The summed E-state index contributed by atoms with van der Waals surface area (Å²) in [5.41, 5.74) is 4.27. The first-order valence-electron chi connectivity index (χ1n) is 8.21. The minimum Gasteiger partial charge on any atom is -0.393 e. The lowest BCUT2D eigenvalue weighted by molar-refractivity contribution is -0.0124. The summed E-state index contributed by atoms with van der Waals surface area (Å²) in [4.78, 5) is 19.7. The Morgan fingerprint density at radius 2 is 1.73 bits per heavy atom. The van der Waals surface area contributed by atoms with Crippen molar-refractivity contribution in [2.24, 2.45) is 0 Å². The van der Waals surface area contributed by atoms with Crippen molar-refractivity contribution in [2.75, 3.05) is 18.0 Å². The molecule has 1 aromatic carbocycles. The van der Waals surface area contributed by atoms with Gasteiger partial charge in [-0.3, -0.25) is 9.63 Å². The zero-order valence-electron chi connectivity index (χ0n) is 12.8. The van der Waals surface area contributed by atoms with Gasteiger partial charge < -0.3 is 10.0 Å². The van der Waals surface area contributed by atoms with E-state index in [-0.39, 0.29) is 18.1 Å². The average molecular weight is 304 g/mol. The van der Waals surface area contributed by atoms with E-state index >= 15 is 0 Å². The summed E-state index contributed by atoms with van der Waals surface area (Å²) in [6.07, 6.45) is 6.02. The Kier molecular flexibility index (Phi) is 4.95. The zero-order valence-corrected chi connectivity index (χ0v) is 12.8. The maximum atomic E-state index is 12.0. The SMILES string of the molecule is O=C(NOC1CCCC1)c1ccc(N2CCC(O)CC2)cc1. The molecular formula is C17H24N2O3. The van der Waals surface area contributed by atoms with E-state index < -0.39 is 0 Å². The molecular weight excluding hydrogens is 280 g/mol. The summed E-state index contributed by atoms with van der Waals surface area (Å²) in [5, 5.41) is 9.55. The molecule has 0 aromatic heterocycles. The number of carbonyl (C=O) groups excluding carboxylic acids is 1. The molecule has 1 saturated carbocycles. The second kappa shape index (κ2) is 7.11. The van der Waals surface area contributed by atoms with Gasteiger partial charge in [-0.05, 0) is 49.9 Å². The number of hydrogen-bond donors (Lipinski definition) is 2. The van der Waals surface area contributed by atoms with Crippen molar-refractivity contribution in [1.82, 2.24) is 5.48 Å². The summed E-state index contributed by atoms with van der Waals surface area (Å²) < 4.78 is 0. The van der Waals surface area contributed by atoms with Crippen molar-refractivity contribution in [3.63, 3.8) is 0 Å². The third-order valence-corrected chi connectivity index (χ3v) is 4.58. The van der Waals surface area contributed by atoms with Crippen molar-refractivity contribution in [1.29, 1.82) is 0 Å². The van der Waals surface area contributed by atoms with Crippen LogP contribution < -0.4 is 10.4 Å². The van der Waals surface area contributed by atoms with Crippen LogP contribution in [0, 0.1) is 0 Å². The predicted octanol–water partition coefficient (Wildman–Crippen LogP) is 2.25. The first-order valence-corrected chi connectivity index (χ1v) is 8.21. The second-order valence-corrected chi connectivity index (χ2v) is 6.22. The summed E-state index contributed by atoms with van der Waals surface area (Å²) in [6, 6.07) is 7.58. The first kappa shape index (κ1) is 15.3. The van der Waals surface area contributed by atoms with Crippen molar-refractivity contribution in [3.05, 3.63) is 29.8 Å². The number of anilines is 1. The van der Waals surface area contributed by atoms with Gasteiger partial charge >= 0.3 is 0 Å². The Morgan fingerprint density at radius 1 is 1.09 bits per heavy atom. The molecule has 2 aliphatic rings. The molecule has 5 nitrogen and oxygen atoms in total. The van der Waals surface area contributed by atoms with E-state index in [4.69, 9.17) is 4.84 Å². The lowest BCUT2D eigenvalue weighted by atomic mass is 10.1. The third-order valence-electron chi connectivity index (χ3n) is 4.58. The van der Waals surface area contributed by atoms with Crippen molar-refractivity contribution >= 4 is 11.6 Å². The topological polar surface area (TPSA) is 61.8 Å². The standard InChI is InChI=1S/C17H24N2O3/c20-15-9-11-19(12-10-15)14-7-5-13(6-8-14)17(21)18-22-16-3-1-2-4-16/h5-8,15-16,20H,1-4,9-12H2,(H,18,21). The molecule has 3 rings (SSSR count). The highest BCUT2D eigenvalue weighted by Crippen LogP contribution is 2.21. The number of nitrogens with one attached hydrogen (secondary N) is 1. The minimum absolute atomic E-state index is 0.169. The first-order chi connectivity index (χ1) is 10.7. The van der Waals surface area contributed by atoms with Crippen molar-refractivity contribution < 1.29 is 14.7 Å². The zero-order chi connectivity index (χ0) is 15.4. The van der Waals surface area contributed by atoms with Gasteiger partial charge in [0.05, 0.1) is 12.2 Å². The molecule has 22 heavy (non-hydrogen) atoms. The summed E-state index contributed by atoms with van der Waals surface area (Å²) in [5.74, 6) is -0.187.